The second kappa shape index (κ2) is 8.14. The van der Waals surface area contributed by atoms with Gasteiger partial charge in [-0.1, -0.05) is 23.7 Å². The van der Waals surface area contributed by atoms with Gasteiger partial charge in [-0.15, -0.1) is 0 Å². The summed E-state index contributed by atoms with van der Waals surface area (Å²) in [7, 11) is 1.58. The third kappa shape index (κ3) is 4.96. The maximum Gasteiger partial charge on any atom is 0.341 e. The summed E-state index contributed by atoms with van der Waals surface area (Å²) in [5.41, 5.74) is 1.03. The first-order valence-electron chi connectivity index (χ1n) is 6.77. The standard InChI is InChI=1S/C16H15ClN2O4/c1-22-12-6-4-11(5-7-12)9-19-14(20)10-23-16(21)13-3-2-8-18-15(13)17/h2-8H,9-10H2,1H3,(H,19,20). The number of amides is 1. The summed E-state index contributed by atoms with van der Waals surface area (Å²) in [6, 6.07) is 10.3. The number of carbonyl (C=O) groups is 2. The molecule has 1 aromatic carbocycles. The van der Waals surface area contributed by atoms with Crippen molar-refractivity contribution in [1.82, 2.24) is 10.3 Å². The minimum Gasteiger partial charge on any atom is -0.497 e. The molecule has 23 heavy (non-hydrogen) atoms. The van der Waals surface area contributed by atoms with E-state index in [1.165, 1.54) is 12.3 Å². The smallest absolute Gasteiger partial charge is 0.341 e. The fourth-order valence-electron chi connectivity index (χ4n) is 1.74. The van der Waals surface area contributed by atoms with Gasteiger partial charge in [-0.2, -0.15) is 0 Å². The Morgan fingerprint density at radius 3 is 2.61 bits per heavy atom. The number of carbonyl (C=O) groups excluding carboxylic acids is 2. The molecule has 2 aromatic rings. The number of aromatic nitrogens is 1. The highest BCUT2D eigenvalue weighted by Gasteiger charge is 2.13. The zero-order valence-electron chi connectivity index (χ0n) is 12.4. The van der Waals surface area contributed by atoms with Crippen molar-refractivity contribution >= 4 is 23.5 Å². The lowest BCUT2D eigenvalue weighted by molar-refractivity contribution is -0.124. The summed E-state index contributed by atoms with van der Waals surface area (Å²) in [6.45, 7) is -0.0613. The molecule has 0 bridgehead atoms. The Morgan fingerprint density at radius 2 is 1.96 bits per heavy atom. The van der Waals surface area contributed by atoms with Crippen LogP contribution in [0.2, 0.25) is 5.15 Å². The number of nitrogens with one attached hydrogen (secondary N) is 1. The zero-order valence-corrected chi connectivity index (χ0v) is 13.2. The lowest BCUT2D eigenvalue weighted by atomic mass is 10.2. The first-order chi connectivity index (χ1) is 11.1. The van der Waals surface area contributed by atoms with Crippen LogP contribution in [0.15, 0.2) is 42.6 Å². The summed E-state index contributed by atoms with van der Waals surface area (Å²) in [6.07, 6.45) is 1.46. The fourth-order valence-corrected chi connectivity index (χ4v) is 1.94. The molecular formula is C16H15ClN2O4. The average Bonchev–Trinajstić information content (AvgIpc) is 2.58. The molecule has 1 aromatic heterocycles. The van der Waals surface area contributed by atoms with Crippen molar-refractivity contribution in [3.63, 3.8) is 0 Å². The molecule has 0 aliphatic rings. The van der Waals surface area contributed by atoms with Crippen molar-refractivity contribution in [3.8, 4) is 5.75 Å². The number of methoxy groups -OCH3 is 1. The van der Waals surface area contributed by atoms with E-state index >= 15 is 0 Å². The van der Waals surface area contributed by atoms with E-state index in [0.717, 1.165) is 11.3 Å². The summed E-state index contributed by atoms with van der Waals surface area (Å²) < 4.78 is 9.95. The van der Waals surface area contributed by atoms with Crippen molar-refractivity contribution < 1.29 is 19.1 Å². The minimum absolute atomic E-state index is 0.0381. The molecule has 2 rings (SSSR count). The second-order valence-electron chi connectivity index (χ2n) is 4.54. The number of hydrogen-bond acceptors (Lipinski definition) is 5. The van der Waals surface area contributed by atoms with Crippen molar-refractivity contribution in [2.75, 3.05) is 13.7 Å². The third-order valence-corrected chi connectivity index (χ3v) is 3.26. The molecule has 120 valence electrons. The van der Waals surface area contributed by atoms with Crippen molar-refractivity contribution in [3.05, 3.63) is 58.9 Å². The molecule has 1 amide bonds. The minimum atomic E-state index is -0.692. The van der Waals surface area contributed by atoms with E-state index in [4.69, 9.17) is 21.1 Å². The predicted octanol–water partition coefficient (Wildman–Crippen LogP) is 2.22. The van der Waals surface area contributed by atoms with Gasteiger partial charge in [0.2, 0.25) is 0 Å². The van der Waals surface area contributed by atoms with Crippen LogP contribution in [0.25, 0.3) is 0 Å². The van der Waals surface area contributed by atoms with Gasteiger partial charge in [-0.3, -0.25) is 4.79 Å². The van der Waals surface area contributed by atoms with E-state index in [1.807, 2.05) is 12.1 Å². The number of pyridine rings is 1. The quantitative estimate of drug-likeness (QED) is 0.647. The molecule has 0 atom stereocenters. The van der Waals surface area contributed by atoms with Crippen LogP contribution in [0, 0.1) is 0 Å². The summed E-state index contributed by atoms with van der Waals surface area (Å²) in [5, 5.41) is 2.69. The first kappa shape index (κ1) is 16.8. The number of ether oxygens (including phenoxy) is 2. The van der Waals surface area contributed by atoms with Gasteiger partial charge in [-0.05, 0) is 29.8 Å². The molecule has 1 N–H and O–H groups in total. The lowest BCUT2D eigenvalue weighted by Crippen LogP contribution is -2.28. The Kier molecular flexibility index (Phi) is 5.94. The van der Waals surface area contributed by atoms with Gasteiger partial charge in [0, 0.05) is 12.7 Å². The normalized spacial score (nSPS) is 10.0. The zero-order chi connectivity index (χ0) is 16.7. The number of benzene rings is 1. The van der Waals surface area contributed by atoms with Crippen LogP contribution in [0.5, 0.6) is 5.75 Å². The van der Waals surface area contributed by atoms with Gasteiger partial charge in [0.25, 0.3) is 5.91 Å². The van der Waals surface area contributed by atoms with E-state index in [-0.39, 0.29) is 17.3 Å². The first-order valence-corrected chi connectivity index (χ1v) is 7.15. The number of halogens is 1. The number of rotatable bonds is 6. The van der Waals surface area contributed by atoms with E-state index in [1.54, 1.807) is 25.3 Å². The molecule has 0 saturated heterocycles. The lowest BCUT2D eigenvalue weighted by Gasteiger charge is -2.08. The Morgan fingerprint density at radius 1 is 1.22 bits per heavy atom. The molecule has 0 radical (unpaired) electrons. The molecule has 7 heteroatoms. The van der Waals surface area contributed by atoms with Gasteiger partial charge in [-0.25, -0.2) is 9.78 Å². The summed E-state index contributed by atoms with van der Waals surface area (Å²) in [4.78, 5) is 27.2. The van der Waals surface area contributed by atoms with Gasteiger partial charge >= 0.3 is 5.97 Å². The van der Waals surface area contributed by atoms with E-state index < -0.39 is 11.9 Å². The number of nitrogens with zero attached hydrogens (tertiary/aromatic N) is 1. The maximum atomic E-state index is 11.8. The molecule has 0 saturated carbocycles. The van der Waals surface area contributed by atoms with E-state index in [2.05, 4.69) is 10.3 Å². The van der Waals surface area contributed by atoms with Crippen LogP contribution in [-0.4, -0.2) is 30.6 Å². The van der Waals surface area contributed by atoms with Crippen LogP contribution < -0.4 is 10.1 Å². The number of hydrogen-bond donors (Lipinski definition) is 1. The SMILES string of the molecule is COc1ccc(CNC(=O)COC(=O)c2cccnc2Cl)cc1. The molecule has 0 spiro atoms. The highest BCUT2D eigenvalue weighted by atomic mass is 35.5. The largest absolute Gasteiger partial charge is 0.497 e. The third-order valence-electron chi connectivity index (χ3n) is 2.96. The highest BCUT2D eigenvalue weighted by molar-refractivity contribution is 6.32. The summed E-state index contributed by atoms with van der Waals surface area (Å²) >= 11 is 5.78. The van der Waals surface area contributed by atoms with Crippen molar-refractivity contribution in [2.45, 2.75) is 6.54 Å². The molecule has 0 fully saturated rings. The molecule has 6 nitrogen and oxygen atoms in total. The molecule has 0 aliphatic carbocycles. The number of esters is 1. The molecular weight excluding hydrogens is 320 g/mol. The Hall–Kier alpha value is -2.60. The maximum absolute atomic E-state index is 11.8. The van der Waals surface area contributed by atoms with Crippen LogP contribution in [0.4, 0.5) is 0 Å². The van der Waals surface area contributed by atoms with E-state index in [0.29, 0.717) is 6.54 Å². The molecule has 1 heterocycles. The van der Waals surface area contributed by atoms with Crippen molar-refractivity contribution in [1.29, 1.82) is 0 Å². The Balaban J connectivity index is 1.78. The van der Waals surface area contributed by atoms with Gasteiger partial charge in [0.1, 0.15) is 10.9 Å². The Labute approximate surface area is 138 Å². The van der Waals surface area contributed by atoms with Gasteiger partial charge < -0.3 is 14.8 Å². The van der Waals surface area contributed by atoms with Gasteiger partial charge in [0.15, 0.2) is 6.61 Å². The predicted molar refractivity (Wildman–Crippen MR) is 84.4 cm³/mol. The topological polar surface area (TPSA) is 77.5 Å². The molecule has 0 unspecified atom stereocenters. The molecule has 0 aliphatic heterocycles. The fraction of sp³-hybridized carbons (Fsp3) is 0.188. The monoisotopic (exact) mass is 334 g/mol. The van der Waals surface area contributed by atoms with Crippen LogP contribution >= 0.6 is 11.6 Å². The van der Waals surface area contributed by atoms with Crippen molar-refractivity contribution in [2.24, 2.45) is 0 Å². The van der Waals surface area contributed by atoms with Gasteiger partial charge in [0.05, 0.1) is 12.7 Å². The van der Waals surface area contributed by atoms with E-state index in [9.17, 15) is 9.59 Å². The van der Waals surface area contributed by atoms with Crippen LogP contribution in [0.1, 0.15) is 15.9 Å². The summed E-state index contributed by atoms with van der Waals surface area (Å²) in [5.74, 6) is -0.362. The Bertz CT molecular complexity index is 689. The average molecular weight is 335 g/mol. The van der Waals surface area contributed by atoms with Crippen LogP contribution in [-0.2, 0) is 16.1 Å². The second-order valence-corrected chi connectivity index (χ2v) is 4.90. The van der Waals surface area contributed by atoms with Crippen LogP contribution in [0.3, 0.4) is 0 Å². The highest BCUT2D eigenvalue weighted by Crippen LogP contribution is 2.13.